The minimum atomic E-state index is -4.60. The maximum Gasteiger partial charge on any atom is 0.416 e. The van der Waals surface area contributed by atoms with Crippen LogP contribution in [0.1, 0.15) is 64.5 Å². The van der Waals surface area contributed by atoms with Crippen molar-refractivity contribution in [2.45, 2.75) is 50.6 Å². The van der Waals surface area contributed by atoms with E-state index in [-0.39, 0.29) is 24.6 Å². The van der Waals surface area contributed by atoms with E-state index < -0.39 is 23.5 Å². The summed E-state index contributed by atoms with van der Waals surface area (Å²) in [6, 6.07) is 3.07. The lowest BCUT2D eigenvalue weighted by Gasteiger charge is -2.33. The summed E-state index contributed by atoms with van der Waals surface area (Å²) < 4.78 is 54.1. The molecule has 1 fully saturated rings. The number of likely N-dealkylation sites (tertiary alicyclic amines) is 1. The zero-order valence-corrected chi connectivity index (χ0v) is 15.3. The minimum Gasteiger partial charge on any atom is -0.337 e. The van der Waals surface area contributed by atoms with E-state index in [0.29, 0.717) is 18.5 Å². The Morgan fingerprint density at radius 2 is 1.86 bits per heavy atom. The Kier molecular flexibility index (Phi) is 4.89. The lowest BCUT2D eigenvalue weighted by Crippen LogP contribution is -2.39. The molecule has 0 saturated carbocycles. The van der Waals surface area contributed by atoms with E-state index >= 15 is 0 Å². The quantitative estimate of drug-likeness (QED) is 0.763. The smallest absolute Gasteiger partial charge is 0.337 e. The number of rotatable bonds is 2. The van der Waals surface area contributed by atoms with Gasteiger partial charge < -0.3 is 4.90 Å². The molecule has 1 saturated heterocycles. The van der Waals surface area contributed by atoms with Gasteiger partial charge in [-0.05, 0) is 56.6 Å². The monoisotopic (exact) mass is 395 g/mol. The van der Waals surface area contributed by atoms with Crippen molar-refractivity contribution in [2.75, 3.05) is 13.1 Å². The van der Waals surface area contributed by atoms with Gasteiger partial charge in [-0.2, -0.15) is 18.3 Å². The fraction of sp³-hybridized carbons (Fsp3) is 0.500. The van der Waals surface area contributed by atoms with Crippen molar-refractivity contribution in [1.29, 1.82) is 0 Å². The Bertz CT molecular complexity index is 882. The van der Waals surface area contributed by atoms with E-state index in [1.54, 1.807) is 4.90 Å². The maximum atomic E-state index is 14.2. The fourth-order valence-electron chi connectivity index (χ4n) is 4.38. The first-order valence-corrected chi connectivity index (χ1v) is 9.57. The van der Waals surface area contributed by atoms with Gasteiger partial charge in [-0.15, -0.1) is 0 Å². The number of aromatic amines is 1. The lowest BCUT2D eigenvalue weighted by molar-refractivity contribution is -0.138. The number of carbonyl (C=O) groups excluding carboxylic acids is 1. The summed E-state index contributed by atoms with van der Waals surface area (Å²) in [5.74, 6) is -1.58. The average Bonchev–Trinajstić information content (AvgIpc) is 3.11. The van der Waals surface area contributed by atoms with Gasteiger partial charge in [0.1, 0.15) is 5.82 Å². The molecule has 1 aromatic carbocycles. The molecular weight excluding hydrogens is 374 g/mol. The summed E-state index contributed by atoms with van der Waals surface area (Å²) >= 11 is 0. The van der Waals surface area contributed by atoms with Crippen LogP contribution in [0, 0.1) is 5.82 Å². The number of aryl methyl sites for hydroxylation is 1. The highest BCUT2D eigenvalue weighted by Gasteiger charge is 2.38. The van der Waals surface area contributed by atoms with Gasteiger partial charge in [0.25, 0.3) is 5.91 Å². The second-order valence-corrected chi connectivity index (χ2v) is 7.50. The predicted octanol–water partition coefficient (Wildman–Crippen LogP) is 4.47. The van der Waals surface area contributed by atoms with E-state index in [0.717, 1.165) is 55.1 Å². The average molecular weight is 395 g/mol. The van der Waals surface area contributed by atoms with Crippen LogP contribution in [-0.2, 0) is 19.0 Å². The molecular formula is C20H21F4N3O. The van der Waals surface area contributed by atoms with Crippen molar-refractivity contribution in [3.05, 3.63) is 52.1 Å². The summed E-state index contributed by atoms with van der Waals surface area (Å²) in [4.78, 5) is 14.5. The molecule has 0 spiro atoms. The van der Waals surface area contributed by atoms with Crippen LogP contribution in [0.25, 0.3) is 0 Å². The Morgan fingerprint density at radius 3 is 2.57 bits per heavy atom. The number of H-pyrrole nitrogens is 1. The molecule has 1 N–H and O–H groups in total. The van der Waals surface area contributed by atoms with Crippen LogP contribution < -0.4 is 0 Å². The van der Waals surface area contributed by atoms with Gasteiger partial charge in [-0.25, -0.2) is 4.39 Å². The van der Waals surface area contributed by atoms with Crippen LogP contribution in [0.15, 0.2) is 18.2 Å². The van der Waals surface area contributed by atoms with Gasteiger partial charge in [0.2, 0.25) is 0 Å². The third-order valence-corrected chi connectivity index (χ3v) is 5.81. The SMILES string of the molecule is O=C(c1n[nH]c2c1CCCC2)N1CCC(c2c(F)cccc2C(F)(F)F)CC1. The lowest BCUT2D eigenvalue weighted by atomic mass is 9.85. The zero-order chi connectivity index (χ0) is 19.9. The number of carbonyl (C=O) groups is 1. The molecule has 2 heterocycles. The van der Waals surface area contributed by atoms with Gasteiger partial charge in [0.05, 0.1) is 5.56 Å². The number of hydrogen-bond acceptors (Lipinski definition) is 2. The van der Waals surface area contributed by atoms with E-state index in [4.69, 9.17) is 0 Å². The van der Waals surface area contributed by atoms with Crippen molar-refractivity contribution in [3.63, 3.8) is 0 Å². The predicted molar refractivity (Wildman–Crippen MR) is 94.5 cm³/mol. The van der Waals surface area contributed by atoms with Crippen molar-refractivity contribution < 1.29 is 22.4 Å². The molecule has 1 aliphatic heterocycles. The molecule has 0 radical (unpaired) electrons. The number of piperidine rings is 1. The molecule has 8 heteroatoms. The Hall–Kier alpha value is -2.38. The molecule has 1 aromatic heterocycles. The summed E-state index contributed by atoms with van der Waals surface area (Å²) in [6.45, 7) is 0.577. The van der Waals surface area contributed by atoms with Gasteiger partial charge in [0.15, 0.2) is 5.69 Å². The highest BCUT2D eigenvalue weighted by Crippen LogP contribution is 2.40. The van der Waals surface area contributed by atoms with Crippen LogP contribution in [0.4, 0.5) is 17.6 Å². The minimum absolute atomic E-state index is 0.192. The van der Waals surface area contributed by atoms with Crippen LogP contribution in [0.5, 0.6) is 0 Å². The number of halogens is 4. The maximum absolute atomic E-state index is 14.2. The molecule has 4 nitrogen and oxygen atoms in total. The third kappa shape index (κ3) is 3.40. The highest BCUT2D eigenvalue weighted by molar-refractivity contribution is 5.94. The number of fused-ring (bicyclic) bond motifs is 1. The Labute approximate surface area is 159 Å². The topological polar surface area (TPSA) is 49.0 Å². The summed E-state index contributed by atoms with van der Waals surface area (Å²) in [5.41, 5.74) is 1.20. The molecule has 1 aliphatic carbocycles. The number of amides is 1. The van der Waals surface area contributed by atoms with Crippen molar-refractivity contribution in [3.8, 4) is 0 Å². The fourth-order valence-corrected chi connectivity index (χ4v) is 4.38. The van der Waals surface area contributed by atoms with Crippen LogP contribution in [0.2, 0.25) is 0 Å². The highest BCUT2D eigenvalue weighted by atomic mass is 19.4. The molecule has 2 aromatic rings. The van der Waals surface area contributed by atoms with E-state index in [1.807, 2.05) is 0 Å². The number of nitrogens with one attached hydrogen (secondary N) is 1. The molecule has 0 unspecified atom stereocenters. The Balaban J connectivity index is 1.50. The number of hydrogen-bond donors (Lipinski definition) is 1. The Morgan fingerprint density at radius 1 is 1.14 bits per heavy atom. The zero-order valence-electron chi connectivity index (χ0n) is 15.3. The first-order chi connectivity index (χ1) is 13.4. The van der Waals surface area contributed by atoms with E-state index in [9.17, 15) is 22.4 Å². The number of aromatic nitrogens is 2. The largest absolute Gasteiger partial charge is 0.416 e. The van der Waals surface area contributed by atoms with Crippen molar-refractivity contribution in [1.82, 2.24) is 15.1 Å². The summed E-state index contributed by atoms with van der Waals surface area (Å²) in [7, 11) is 0. The number of alkyl halides is 3. The number of benzene rings is 1. The normalized spacial score (nSPS) is 18.2. The van der Waals surface area contributed by atoms with Crippen LogP contribution in [-0.4, -0.2) is 34.1 Å². The second kappa shape index (κ2) is 7.22. The first-order valence-electron chi connectivity index (χ1n) is 9.57. The number of nitrogens with zero attached hydrogens (tertiary/aromatic N) is 2. The van der Waals surface area contributed by atoms with E-state index in [2.05, 4.69) is 10.2 Å². The van der Waals surface area contributed by atoms with Crippen molar-refractivity contribution >= 4 is 5.91 Å². The standard InChI is InChI=1S/C20H21F4N3O/c21-15-6-3-5-14(20(22,23)24)17(15)12-8-10-27(11-9-12)19(28)18-13-4-1-2-7-16(13)25-26-18/h3,5-6,12H,1-2,4,7-11H2,(H,25,26). The van der Waals surface area contributed by atoms with E-state index in [1.165, 1.54) is 0 Å². The molecule has 28 heavy (non-hydrogen) atoms. The third-order valence-electron chi connectivity index (χ3n) is 5.81. The molecule has 4 rings (SSSR count). The molecule has 0 bridgehead atoms. The van der Waals surface area contributed by atoms with Crippen LogP contribution in [0.3, 0.4) is 0 Å². The molecule has 2 aliphatic rings. The van der Waals surface area contributed by atoms with Gasteiger partial charge in [0, 0.05) is 29.9 Å². The van der Waals surface area contributed by atoms with Gasteiger partial charge in [-0.3, -0.25) is 9.89 Å². The van der Waals surface area contributed by atoms with Gasteiger partial charge >= 0.3 is 6.18 Å². The first kappa shape index (κ1) is 19.0. The summed E-state index contributed by atoms with van der Waals surface area (Å²) in [5, 5.41) is 7.13. The molecule has 150 valence electrons. The van der Waals surface area contributed by atoms with Crippen LogP contribution >= 0.6 is 0 Å². The van der Waals surface area contributed by atoms with Crippen molar-refractivity contribution in [2.24, 2.45) is 0 Å². The molecule has 1 amide bonds. The summed E-state index contributed by atoms with van der Waals surface area (Å²) in [6.07, 6.45) is -0.233. The molecule has 0 atom stereocenters. The second-order valence-electron chi connectivity index (χ2n) is 7.50. The van der Waals surface area contributed by atoms with Gasteiger partial charge in [-0.1, -0.05) is 6.07 Å².